The minimum Gasteiger partial charge on any atom is -0.469 e. The fourth-order valence-corrected chi connectivity index (χ4v) is 2.79. The average Bonchev–Trinajstić information content (AvgIpc) is 3.02. The quantitative estimate of drug-likeness (QED) is 0.702. The van der Waals surface area contributed by atoms with Gasteiger partial charge in [0.15, 0.2) is 5.13 Å². The number of rotatable bonds is 5. The van der Waals surface area contributed by atoms with Gasteiger partial charge in [-0.15, -0.1) is 0 Å². The van der Waals surface area contributed by atoms with E-state index in [2.05, 4.69) is 22.4 Å². The zero-order valence-corrected chi connectivity index (χ0v) is 11.2. The van der Waals surface area contributed by atoms with Gasteiger partial charge in [0.05, 0.1) is 16.5 Å². The van der Waals surface area contributed by atoms with Gasteiger partial charge in [0, 0.05) is 19.5 Å². The lowest BCUT2D eigenvalue weighted by molar-refractivity contribution is 0.499. The van der Waals surface area contributed by atoms with Gasteiger partial charge in [-0.05, 0) is 29.8 Å². The molecule has 0 aliphatic carbocycles. The summed E-state index contributed by atoms with van der Waals surface area (Å²) >= 11 is 1.53. The molecule has 0 unspecified atom stereocenters. The summed E-state index contributed by atoms with van der Waals surface area (Å²) in [6.07, 6.45) is 2.61. The standard InChI is InChI=1S/C14H15N3OS/c15-14-17-12-4-3-10(8-13(12)19-14)9-16-6-5-11-2-1-7-18-11/h1-4,7-8,16H,5-6,9H2,(H2,15,17). The second-order valence-corrected chi connectivity index (χ2v) is 5.42. The predicted molar refractivity (Wildman–Crippen MR) is 78.2 cm³/mol. The Hall–Kier alpha value is -1.85. The Labute approximate surface area is 115 Å². The van der Waals surface area contributed by atoms with Gasteiger partial charge in [0.25, 0.3) is 0 Å². The van der Waals surface area contributed by atoms with Crippen LogP contribution in [0.15, 0.2) is 41.0 Å². The van der Waals surface area contributed by atoms with Crippen LogP contribution in [0.5, 0.6) is 0 Å². The lowest BCUT2D eigenvalue weighted by Crippen LogP contribution is -2.16. The van der Waals surface area contributed by atoms with Crippen molar-refractivity contribution in [3.8, 4) is 0 Å². The first-order valence-corrected chi connectivity index (χ1v) is 7.01. The lowest BCUT2D eigenvalue weighted by Gasteiger charge is -2.03. The summed E-state index contributed by atoms with van der Waals surface area (Å²) in [6.45, 7) is 1.74. The maximum absolute atomic E-state index is 5.70. The van der Waals surface area contributed by atoms with Crippen LogP contribution >= 0.6 is 11.3 Å². The number of thiazole rings is 1. The van der Waals surface area contributed by atoms with Crippen LogP contribution in [0, 0.1) is 0 Å². The SMILES string of the molecule is Nc1nc2ccc(CNCCc3ccco3)cc2s1. The molecule has 0 amide bonds. The van der Waals surface area contributed by atoms with Gasteiger partial charge >= 0.3 is 0 Å². The first-order valence-electron chi connectivity index (χ1n) is 6.19. The van der Waals surface area contributed by atoms with Crippen LogP contribution in [0.25, 0.3) is 10.2 Å². The number of nitrogens with one attached hydrogen (secondary N) is 1. The summed E-state index contributed by atoms with van der Waals surface area (Å²) in [7, 11) is 0. The first kappa shape index (κ1) is 12.2. The van der Waals surface area contributed by atoms with E-state index in [1.54, 1.807) is 6.26 Å². The molecule has 0 spiro atoms. The summed E-state index contributed by atoms with van der Waals surface area (Å²) in [5, 5.41) is 4.03. The highest BCUT2D eigenvalue weighted by atomic mass is 32.1. The average molecular weight is 273 g/mol. The van der Waals surface area contributed by atoms with Crippen molar-refractivity contribution in [1.29, 1.82) is 0 Å². The van der Waals surface area contributed by atoms with Crippen molar-refractivity contribution in [3.63, 3.8) is 0 Å². The third kappa shape index (κ3) is 2.94. The van der Waals surface area contributed by atoms with Gasteiger partial charge in [0.1, 0.15) is 5.76 Å². The summed E-state index contributed by atoms with van der Waals surface area (Å²) < 4.78 is 6.43. The van der Waals surface area contributed by atoms with Gasteiger partial charge in [-0.1, -0.05) is 17.4 Å². The first-order chi connectivity index (χ1) is 9.31. The molecule has 2 aromatic heterocycles. The molecule has 19 heavy (non-hydrogen) atoms. The van der Waals surface area contributed by atoms with E-state index < -0.39 is 0 Å². The van der Waals surface area contributed by atoms with Gasteiger partial charge in [-0.25, -0.2) is 4.98 Å². The summed E-state index contributed by atoms with van der Waals surface area (Å²) in [5.41, 5.74) is 7.92. The van der Waals surface area contributed by atoms with Crippen molar-refractivity contribution in [2.24, 2.45) is 0 Å². The van der Waals surface area contributed by atoms with E-state index >= 15 is 0 Å². The molecule has 0 aliphatic rings. The molecular formula is C14H15N3OS. The predicted octanol–water partition coefficient (Wildman–Crippen LogP) is 2.80. The van der Waals surface area contributed by atoms with Crippen molar-refractivity contribution in [2.45, 2.75) is 13.0 Å². The van der Waals surface area contributed by atoms with E-state index in [1.165, 1.54) is 16.9 Å². The molecule has 0 aliphatic heterocycles. The van der Waals surface area contributed by atoms with E-state index in [9.17, 15) is 0 Å². The van der Waals surface area contributed by atoms with Gasteiger partial charge in [0.2, 0.25) is 0 Å². The molecule has 3 N–H and O–H groups in total. The third-order valence-electron chi connectivity index (χ3n) is 2.93. The van der Waals surface area contributed by atoms with Crippen molar-refractivity contribution in [3.05, 3.63) is 47.9 Å². The summed E-state index contributed by atoms with van der Waals surface area (Å²) in [4.78, 5) is 4.25. The number of aromatic nitrogens is 1. The molecular weight excluding hydrogens is 258 g/mol. The molecule has 3 aromatic rings. The number of furan rings is 1. The number of hydrogen-bond donors (Lipinski definition) is 2. The largest absolute Gasteiger partial charge is 0.469 e. The molecule has 0 atom stereocenters. The van der Waals surface area contributed by atoms with E-state index in [-0.39, 0.29) is 0 Å². The lowest BCUT2D eigenvalue weighted by atomic mass is 10.2. The molecule has 0 saturated heterocycles. The Kier molecular flexibility index (Phi) is 3.48. The fraction of sp³-hybridized carbons (Fsp3) is 0.214. The highest BCUT2D eigenvalue weighted by Gasteiger charge is 2.02. The molecule has 2 heterocycles. The highest BCUT2D eigenvalue weighted by Crippen LogP contribution is 2.24. The van der Waals surface area contributed by atoms with Crippen LogP contribution in [0.2, 0.25) is 0 Å². The monoisotopic (exact) mass is 273 g/mol. The summed E-state index contributed by atoms with van der Waals surface area (Å²) in [5.74, 6) is 1.01. The number of nitrogen functional groups attached to an aromatic ring is 1. The maximum atomic E-state index is 5.70. The molecule has 0 saturated carbocycles. The number of benzene rings is 1. The molecule has 4 nitrogen and oxygen atoms in total. The smallest absolute Gasteiger partial charge is 0.181 e. The molecule has 0 fully saturated rings. The Morgan fingerprint density at radius 3 is 3.11 bits per heavy atom. The van der Waals surface area contributed by atoms with Crippen LogP contribution in [0.3, 0.4) is 0 Å². The number of anilines is 1. The van der Waals surface area contributed by atoms with E-state index in [1.807, 2.05) is 18.2 Å². The van der Waals surface area contributed by atoms with Crippen LogP contribution < -0.4 is 11.1 Å². The number of fused-ring (bicyclic) bond motifs is 1. The van der Waals surface area contributed by atoms with Gasteiger partial charge < -0.3 is 15.5 Å². The Bertz CT molecular complexity index is 660. The van der Waals surface area contributed by atoms with E-state index in [4.69, 9.17) is 10.2 Å². The molecule has 3 rings (SSSR count). The van der Waals surface area contributed by atoms with E-state index in [0.29, 0.717) is 5.13 Å². The second-order valence-electron chi connectivity index (χ2n) is 4.36. The molecule has 98 valence electrons. The Morgan fingerprint density at radius 2 is 2.26 bits per heavy atom. The van der Waals surface area contributed by atoms with Crippen molar-refractivity contribution < 1.29 is 4.42 Å². The Morgan fingerprint density at radius 1 is 1.32 bits per heavy atom. The maximum Gasteiger partial charge on any atom is 0.181 e. The molecule has 0 bridgehead atoms. The number of nitrogens with two attached hydrogens (primary N) is 1. The summed E-state index contributed by atoms with van der Waals surface area (Å²) in [6, 6.07) is 10.2. The second kappa shape index (κ2) is 5.42. The minimum atomic E-state index is 0.623. The van der Waals surface area contributed by atoms with Crippen LogP contribution in [-0.4, -0.2) is 11.5 Å². The van der Waals surface area contributed by atoms with Crippen LogP contribution in [0.4, 0.5) is 5.13 Å². The molecule has 1 aromatic carbocycles. The van der Waals surface area contributed by atoms with Crippen LogP contribution in [0.1, 0.15) is 11.3 Å². The third-order valence-corrected chi connectivity index (χ3v) is 3.77. The Balaban J connectivity index is 1.56. The minimum absolute atomic E-state index is 0.623. The molecule has 5 heteroatoms. The van der Waals surface area contributed by atoms with Gasteiger partial charge in [-0.2, -0.15) is 0 Å². The zero-order chi connectivity index (χ0) is 13.1. The zero-order valence-electron chi connectivity index (χ0n) is 10.4. The fourth-order valence-electron chi connectivity index (χ4n) is 2.00. The van der Waals surface area contributed by atoms with Crippen molar-refractivity contribution in [2.75, 3.05) is 12.3 Å². The van der Waals surface area contributed by atoms with E-state index in [0.717, 1.165) is 35.5 Å². The normalized spacial score (nSPS) is 11.2. The number of nitrogens with zero attached hydrogens (tertiary/aromatic N) is 1. The van der Waals surface area contributed by atoms with Crippen molar-refractivity contribution in [1.82, 2.24) is 10.3 Å². The van der Waals surface area contributed by atoms with Crippen LogP contribution in [-0.2, 0) is 13.0 Å². The van der Waals surface area contributed by atoms with Crippen molar-refractivity contribution >= 4 is 26.7 Å². The topological polar surface area (TPSA) is 64.1 Å². The number of hydrogen-bond acceptors (Lipinski definition) is 5. The van der Waals surface area contributed by atoms with Gasteiger partial charge in [-0.3, -0.25) is 0 Å². The molecule has 0 radical (unpaired) electrons. The highest BCUT2D eigenvalue weighted by molar-refractivity contribution is 7.22.